The Hall–Kier alpha value is -2.00. The van der Waals surface area contributed by atoms with Crippen LogP contribution >= 0.6 is 11.6 Å². The molecule has 2 aromatic carbocycles. The van der Waals surface area contributed by atoms with Crippen LogP contribution in [0.15, 0.2) is 53.6 Å². The molecule has 0 fully saturated rings. The van der Waals surface area contributed by atoms with Crippen LogP contribution in [0.4, 0.5) is 11.4 Å². The van der Waals surface area contributed by atoms with Gasteiger partial charge in [-0.3, -0.25) is 5.43 Å². The highest BCUT2D eigenvalue weighted by atomic mass is 35.5. The van der Waals surface area contributed by atoms with E-state index in [1.165, 1.54) is 0 Å². The summed E-state index contributed by atoms with van der Waals surface area (Å²) in [5.41, 5.74) is 12.1. The summed E-state index contributed by atoms with van der Waals surface area (Å²) in [6.45, 7) is 1.93. The van der Waals surface area contributed by atoms with Gasteiger partial charge in [0.15, 0.2) is 0 Å². The molecule has 0 bridgehead atoms. The lowest BCUT2D eigenvalue weighted by Crippen LogP contribution is -1.99. The largest absolute Gasteiger partial charge is 0.399 e. The molecule has 0 radical (unpaired) electrons. The summed E-state index contributed by atoms with van der Waals surface area (Å²) in [7, 11) is 0. The molecule has 0 heterocycles. The number of nitrogens with one attached hydrogen (secondary N) is 1. The molecule has 0 amide bonds. The molecular formula is C14H14ClN3. The third kappa shape index (κ3) is 3.25. The van der Waals surface area contributed by atoms with Gasteiger partial charge in [-0.05, 0) is 42.8 Å². The topological polar surface area (TPSA) is 50.4 Å². The fraction of sp³-hybridized carbons (Fsp3) is 0.0714. The number of rotatable bonds is 3. The van der Waals surface area contributed by atoms with E-state index in [9.17, 15) is 0 Å². The number of nitrogens with two attached hydrogens (primary N) is 1. The van der Waals surface area contributed by atoms with Gasteiger partial charge in [0, 0.05) is 10.7 Å². The van der Waals surface area contributed by atoms with Crippen molar-refractivity contribution >= 4 is 28.7 Å². The maximum Gasteiger partial charge on any atom is 0.0648 e. The molecule has 0 aromatic heterocycles. The van der Waals surface area contributed by atoms with Gasteiger partial charge in [0.2, 0.25) is 0 Å². The Morgan fingerprint density at radius 2 is 1.89 bits per heavy atom. The normalized spacial score (nSPS) is 11.3. The molecule has 92 valence electrons. The van der Waals surface area contributed by atoms with Crippen LogP contribution in [0.25, 0.3) is 0 Å². The van der Waals surface area contributed by atoms with Crippen LogP contribution in [0.2, 0.25) is 5.02 Å². The quantitative estimate of drug-likeness (QED) is 0.501. The molecule has 0 unspecified atom stereocenters. The summed E-state index contributed by atoms with van der Waals surface area (Å²) in [5, 5.41) is 4.98. The minimum absolute atomic E-state index is 0.681. The average molecular weight is 260 g/mol. The Kier molecular flexibility index (Phi) is 3.85. The Bertz CT molecular complexity index is 562. The predicted molar refractivity (Wildman–Crippen MR) is 78.1 cm³/mol. The van der Waals surface area contributed by atoms with Gasteiger partial charge in [-0.2, -0.15) is 5.10 Å². The van der Waals surface area contributed by atoms with Crippen LogP contribution in [0.5, 0.6) is 0 Å². The van der Waals surface area contributed by atoms with Gasteiger partial charge < -0.3 is 5.73 Å². The highest BCUT2D eigenvalue weighted by Crippen LogP contribution is 2.15. The van der Waals surface area contributed by atoms with E-state index in [4.69, 9.17) is 17.3 Å². The molecule has 0 atom stereocenters. The maximum atomic E-state index is 5.89. The number of benzene rings is 2. The van der Waals surface area contributed by atoms with Gasteiger partial charge in [-0.25, -0.2) is 0 Å². The molecular weight excluding hydrogens is 246 g/mol. The van der Waals surface area contributed by atoms with Gasteiger partial charge in [0.05, 0.1) is 11.4 Å². The lowest BCUT2D eigenvalue weighted by molar-refractivity contribution is 1.32. The van der Waals surface area contributed by atoms with Crippen molar-refractivity contribution in [1.29, 1.82) is 0 Å². The first-order chi connectivity index (χ1) is 8.65. The lowest BCUT2D eigenvalue weighted by Gasteiger charge is -2.04. The van der Waals surface area contributed by atoms with Crippen LogP contribution < -0.4 is 11.2 Å². The van der Waals surface area contributed by atoms with E-state index in [2.05, 4.69) is 10.5 Å². The summed E-state index contributed by atoms with van der Waals surface area (Å²) >= 11 is 5.89. The molecule has 0 aliphatic carbocycles. The molecule has 3 N–H and O–H groups in total. The minimum Gasteiger partial charge on any atom is -0.399 e. The van der Waals surface area contributed by atoms with E-state index in [0.717, 1.165) is 22.6 Å². The second-order valence-electron chi connectivity index (χ2n) is 3.94. The first kappa shape index (κ1) is 12.5. The second kappa shape index (κ2) is 5.56. The molecule has 2 aromatic rings. The number of halogens is 1. The van der Waals surface area contributed by atoms with Crippen molar-refractivity contribution in [2.75, 3.05) is 11.2 Å². The zero-order chi connectivity index (χ0) is 13.0. The smallest absolute Gasteiger partial charge is 0.0648 e. The summed E-state index contributed by atoms with van der Waals surface area (Å²) in [6.07, 6.45) is 0. The van der Waals surface area contributed by atoms with Crippen LogP contribution in [-0.4, -0.2) is 5.71 Å². The van der Waals surface area contributed by atoms with Crippen LogP contribution in [0.3, 0.4) is 0 Å². The first-order valence-electron chi connectivity index (χ1n) is 5.57. The van der Waals surface area contributed by atoms with Crippen LogP contribution in [-0.2, 0) is 0 Å². The van der Waals surface area contributed by atoms with Gasteiger partial charge in [0.25, 0.3) is 0 Å². The third-order valence-electron chi connectivity index (χ3n) is 2.51. The van der Waals surface area contributed by atoms with Crippen molar-refractivity contribution in [3.63, 3.8) is 0 Å². The number of nitrogen functional groups attached to an aromatic ring is 1. The molecule has 4 heteroatoms. The first-order valence-corrected chi connectivity index (χ1v) is 5.95. The lowest BCUT2D eigenvalue weighted by atomic mass is 10.1. The SMILES string of the molecule is C/C(=N/Nc1cccc(Cl)c1)c1ccc(N)cc1. The molecule has 2 rings (SSSR count). The highest BCUT2D eigenvalue weighted by Gasteiger charge is 1.97. The fourth-order valence-electron chi connectivity index (χ4n) is 1.50. The second-order valence-corrected chi connectivity index (χ2v) is 4.38. The number of hydrazone groups is 1. The van der Waals surface area contributed by atoms with Crippen molar-refractivity contribution in [1.82, 2.24) is 0 Å². The van der Waals surface area contributed by atoms with E-state index in [1.54, 1.807) is 0 Å². The van der Waals surface area contributed by atoms with Crippen molar-refractivity contribution in [3.8, 4) is 0 Å². The van der Waals surface area contributed by atoms with Crippen molar-refractivity contribution < 1.29 is 0 Å². The average Bonchev–Trinajstić information content (AvgIpc) is 2.37. The van der Waals surface area contributed by atoms with E-state index in [-0.39, 0.29) is 0 Å². The third-order valence-corrected chi connectivity index (χ3v) is 2.74. The minimum atomic E-state index is 0.681. The monoisotopic (exact) mass is 259 g/mol. The molecule has 0 saturated carbocycles. The molecule has 18 heavy (non-hydrogen) atoms. The fourth-order valence-corrected chi connectivity index (χ4v) is 1.69. The van der Waals surface area contributed by atoms with E-state index < -0.39 is 0 Å². The molecule has 0 aliphatic heterocycles. The maximum absolute atomic E-state index is 5.89. The standard InChI is InChI=1S/C14H14ClN3/c1-10(11-5-7-13(16)8-6-11)17-18-14-4-2-3-12(15)9-14/h2-9,18H,16H2,1H3/b17-10-. The van der Waals surface area contributed by atoms with Gasteiger partial charge >= 0.3 is 0 Å². The number of anilines is 2. The summed E-state index contributed by atoms with van der Waals surface area (Å²) < 4.78 is 0. The Morgan fingerprint density at radius 3 is 2.56 bits per heavy atom. The van der Waals surface area contributed by atoms with Crippen molar-refractivity contribution in [2.24, 2.45) is 5.10 Å². The Balaban J connectivity index is 2.11. The van der Waals surface area contributed by atoms with Gasteiger partial charge in [-0.15, -0.1) is 0 Å². The zero-order valence-electron chi connectivity index (χ0n) is 10.0. The molecule has 0 saturated heterocycles. The Labute approximate surface area is 111 Å². The van der Waals surface area contributed by atoms with Crippen molar-refractivity contribution in [2.45, 2.75) is 6.92 Å². The van der Waals surface area contributed by atoms with E-state index in [0.29, 0.717) is 5.02 Å². The van der Waals surface area contributed by atoms with Gasteiger partial charge in [-0.1, -0.05) is 29.8 Å². The summed E-state index contributed by atoms with van der Waals surface area (Å²) in [4.78, 5) is 0. The van der Waals surface area contributed by atoms with Crippen LogP contribution in [0, 0.1) is 0 Å². The predicted octanol–water partition coefficient (Wildman–Crippen LogP) is 3.76. The van der Waals surface area contributed by atoms with E-state index in [1.807, 2.05) is 55.5 Å². The van der Waals surface area contributed by atoms with E-state index >= 15 is 0 Å². The number of nitrogens with zero attached hydrogens (tertiary/aromatic N) is 1. The highest BCUT2D eigenvalue weighted by molar-refractivity contribution is 6.30. The van der Waals surface area contributed by atoms with Crippen molar-refractivity contribution in [3.05, 3.63) is 59.1 Å². The molecule has 0 aliphatic rings. The van der Waals surface area contributed by atoms with Gasteiger partial charge in [0.1, 0.15) is 0 Å². The number of hydrogen-bond donors (Lipinski definition) is 2. The Morgan fingerprint density at radius 1 is 1.17 bits per heavy atom. The molecule has 3 nitrogen and oxygen atoms in total. The summed E-state index contributed by atoms with van der Waals surface area (Å²) in [5.74, 6) is 0. The number of hydrogen-bond acceptors (Lipinski definition) is 3. The molecule has 0 spiro atoms. The zero-order valence-corrected chi connectivity index (χ0v) is 10.8. The summed E-state index contributed by atoms with van der Waals surface area (Å²) in [6, 6.07) is 15.0. The van der Waals surface area contributed by atoms with Crippen LogP contribution in [0.1, 0.15) is 12.5 Å².